The highest BCUT2D eigenvalue weighted by molar-refractivity contribution is 6.48. The number of carbonyl (C=O) groups excluding carboxylic acids is 2. The van der Waals surface area contributed by atoms with Crippen LogP contribution in [0.15, 0.2) is 42.0 Å². The first-order valence-electron chi connectivity index (χ1n) is 16.0. The Hall–Kier alpha value is -2.88. The van der Waals surface area contributed by atoms with Gasteiger partial charge in [-0.3, -0.25) is 14.9 Å². The summed E-state index contributed by atoms with van der Waals surface area (Å²) in [5.74, 6) is -0.783. The highest BCUT2D eigenvalue weighted by atomic mass is 19.4. The summed E-state index contributed by atoms with van der Waals surface area (Å²) in [6, 6.07) is 10.3. The van der Waals surface area contributed by atoms with Crippen LogP contribution in [0.3, 0.4) is 0 Å². The summed E-state index contributed by atoms with van der Waals surface area (Å²) >= 11 is 0. The van der Waals surface area contributed by atoms with Crippen molar-refractivity contribution in [1.29, 1.82) is 5.26 Å². The molecule has 1 aromatic rings. The lowest BCUT2D eigenvalue weighted by Crippen LogP contribution is -2.65. The molecule has 1 aromatic carbocycles. The largest absolute Gasteiger partial charge is 0.482 e. The van der Waals surface area contributed by atoms with Gasteiger partial charge in [0.15, 0.2) is 0 Å². The van der Waals surface area contributed by atoms with Crippen LogP contribution in [0, 0.1) is 34.5 Å². The van der Waals surface area contributed by atoms with Gasteiger partial charge in [0.2, 0.25) is 5.91 Å². The maximum atomic E-state index is 13.6. The van der Waals surface area contributed by atoms with Gasteiger partial charge in [-0.1, -0.05) is 64.1 Å². The first kappa shape index (κ1) is 35.0. The van der Waals surface area contributed by atoms with Crippen molar-refractivity contribution in [1.82, 2.24) is 16.0 Å². The number of alkyl halides is 3. The molecule has 6 atom stereocenters. The van der Waals surface area contributed by atoms with Gasteiger partial charge in [-0.2, -0.15) is 18.4 Å². The van der Waals surface area contributed by atoms with Crippen LogP contribution >= 0.6 is 0 Å². The number of hydrogen-bond donors (Lipinski definition) is 3. The molecule has 45 heavy (non-hydrogen) atoms. The molecule has 3 aliphatic carbocycles. The van der Waals surface area contributed by atoms with E-state index in [-0.39, 0.29) is 36.0 Å². The van der Waals surface area contributed by atoms with Crippen LogP contribution in [-0.4, -0.2) is 61.9 Å². The number of nitrogens with zero attached hydrogens (tertiary/aromatic N) is 1. The minimum absolute atomic E-state index is 0.0179. The summed E-state index contributed by atoms with van der Waals surface area (Å²) < 4.78 is 52.8. The lowest BCUT2D eigenvalue weighted by atomic mass is 9.43. The van der Waals surface area contributed by atoms with Gasteiger partial charge in [0.1, 0.15) is 11.6 Å². The van der Waals surface area contributed by atoms with Crippen molar-refractivity contribution in [3.8, 4) is 6.07 Å². The van der Waals surface area contributed by atoms with Crippen LogP contribution in [0.1, 0.15) is 72.3 Å². The molecule has 1 saturated heterocycles. The minimum Gasteiger partial charge on any atom is -0.404 e. The van der Waals surface area contributed by atoms with Gasteiger partial charge in [0.25, 0.3) is 5.91 Å². The molecule has 2 amide bonds. The van der Waals surface area contributed by atoms with Crippen molar-refractivity contribution in [2.75, 3.05) is 13.1 Å². The van der Waals surface area contributed by atoms with Crippen molar-refractivity contribution in [2.24, 2.45) is 23.2 Å². The van der Waals surface area contributed by atoms with Gasteiger partial charge in [-0.15, -0.1) is 0 Å². The first-order chi connectivity index (χ1) is 21.1. The number of halogens is 3. The molecular formula is C33H46BF3N4O4. The second-order valence-corrected chi connectivity index (χ2v) is 13.9. The van der Waals surface area contributed by atoms with Crippen molar-refractivity contribution >= 4 is 18.9 Å². The first-order valence-corrected chi connectivity index (χ1v) is 16.0. The molecule has 12 heteroatoms. The molecule has 3 saturated carbocycles. The summed E-state index contributed by atoms with van der Waals surface area (Å²) in [6.07, 6.45) is 0.205. The molecule has 0 radical (unpaired) electrons. The van der Waals surface area contributed by atoms with E-state index in [4.69, 9.17) is 9.31 Å². The Morgan fingerprint density at radius 3 is 2.49 bits per heavy atom. The van der Waals surface area contributed by atoms with Crippen molar-refractivity contribution in [2.45, 2.75) is 103 Å². The number of carbonyl (C=O) groups is 2. The number of rotatable bonds is 14. The molecule has 246 valence electrons. The molecule has 1 heterocycles. The number of hydrogen-bond acceptors (Lipinski definition) is 6. The number of nitrogens with one attached hydrogen (secondary N) is 3. The quantitative estimate of drug-likeness (QED) is 0.117. The third kappa shape index (κ3) is 8.49. The SMILES string of the molecule is CC(C)/C=C(\C#N)C(=O)NCCCC[C@H](NCC(F)(F)F)C(=O)N[C@@H](Cc1ccccc1)B1O[C@@H]2C[C@@H]3C[C@@H](C3(C)C)[C@]2(C)O1. The Bertz CT molecular complexity index is 1270. The normalized spacial score (nSPS) is 26.8. The van der Waals surface area contributed by atoms with Crippen molar-refractivity contribution in [3.05, 3.63) is 47.5 Å². The average molecular weight is 631 g/mol. The van der Waals surface area contributed by atoms with E-state index < -0.39 is 49.2 Å². The molecule has 0 aromatic heterocycles. The number of unbranched alkanes of at least 4 members (excludes halogenated alkanes) is 1. The second kappa shape index (κ2) is 14.3. The van der Waals surface area contributed by atoms with Gasteiger partial charge >= 0.3 is 13.3 Å². The molecule has 0 unspecified atom stereocenters. The molecule has 2 bridgehead atoms. The van der Waals surface area contributed by atoms with Gasteiger partial charge in [-0.25, -0.2) is 0 Å². The smallest absolute Gasteiger partial charge is 0.404 e. The second-order valence-electron chi connectivity index (χ2n) is 13.9. The third-order valence-electron chi connectivity index (χ3n) is 9.86. The van der Waals surface area contributed by atoms with Crippen LogP contribution in [0.5, 0.6) is 0 Å². The lowest BCUT2D eigenvalue weighted by Gasteiger charge is -2.64. The predicted molar refractivity (Wildman–Crippen MR) is 165 cm³/mol. The summed E-state index contributed by atoms with van der Waals surface area (Å²) in [5.41, 5.74) is 0.591. The van der Waals surface area contributed by atoms with Gasteiger partial charge in [0, 0.05) is 6.54 Å². The number of amides is 2. The Morgan fingerprint density at radius 2 is 1.87 bits per heavy atom. The number of allylic oxidation sites excluding steroid dienone is 1. The van der Waals surface area contributed by atoms with E-state index in [9.17, 15) is 28.0 Å². The molecule has 8 nitrogen and oxygen atoms in total. The molecule has 5 rings (SSSR count). The van der Waals surface area contributed by atoms with Crippen molar-refractivity contribution < 1.29 is 32.1 Å². The zero-order valence-electron chi connectivity index (χ0n) is 26.9. The third-order valence-corrected chi connectivity index (χ3v) is 9.86. The molecule has 0 spiro atoms. The molecule has 4 fully saturated rings. The lowest BCUT2D eigenvalue weighted by molar-refractivity contribution is -0.199. The fourth-order valence-corrected chi connectivity index (χ4v) is 7.27. The standard InChI is InChI=1S/C33H46BF3N4O4/c1-21(2)15-23(19-38)29(42)39-14-10-9-13-25(40-20-33(35,36)37)30(43)41-28(16-22-11-7-6-8-12-22)34-44-27-18-24-17-26(31(24,3)4)32(27,5)45-34/h6-8,11-12,15,21,24-28,40H,9-10,13-14,16-18,20H2,1-5H3,(H,39,42)(H,41,43)/b23-15+/t24-,25-,26-,27+,28-,32-/m0/s1. The Morgan fingerprint density at radius 1 is 1.16 bits per heavy atom. The fourth-order valence-electron chi connectivity index (χ4n) is 7.27. The van der Waals surface area contributed by atoms with E-state index in [2.05, 4.69) is 36.7 Å². The zero-order chi connectivity index (χ0) is 33.0. The molecule has 1 aliphatic heterocycles. The molecular weight excluding hydrogens is 584 g/mol. The van der Waals surface area contributed by atoms with E-state index in [1.807, 2.05) is 50.2 Å². The van der Waals surface area contributed by atoms with E-state index in [0.29, 0.717) is 31.1 Å². The van der Waals surface area contributed by atoms with Crippen LogP contribution < -0.4 is 16.0 Å². The number of nitriles is 1. The van der Waals surface area contributed by atoms with E-state index >= 15 is 0 Å². The summed E-state index contributed by atoms with van der Waals surface area (Å²) in [5, 5.41) is 17.3. The Balaban J connectivity index is 1.42. The maximum absolute atomic E-state index is 13.6. The van der Waals surface area contributed by atoms with Crippen LogP contribution in [0.2, 0.25) is 0 Å². The maximum Gasteiger partial charge on any atom is 0.482 e. The summed E-state index contributed by atoms with van der Waals surface area (Å²) in [6.45, 7) is 9.24. The van der Waals surface area contributed by atoms with Crippen LogP contribution in [0.4, 0.5) is 13.2 Å². The van der Waals surface area contributed by atoms with Gasteiger partial charge in [0.05, 0.1) is 30.2 Å². The molecule has 3 N–H and O–H groups in total. The Labute approximate surface area is 265 Å². The minimum atomic E-state index is -4.50. The highest BCUT2D eigenvalue weighted by Gasteiger charge is 2.68. The topological polar surface area (TPSA) is 112 Å². The average Bonchev–Trinajstić information content (AvgIpc) is 3.33. The number of benzene rings is 1. The van der Waals surface area contributed by atoms with E-state index in [1.165, 1.54) is 0 Å². The van der Waals surface area contributed by atoms with Gasteiger partial charge in [-0.05, 0) is 74.2 Å². The van der Waals surface area contributed by atoms with Crippen LogP contribution in [-0.2, 0) is 25.3 Å². The zero-order valence-corrected chi connectivity index (χ0v) is 26.9. The molecule has 4 aliphatic rings. The summed E-state index contributed by atoms with van der Waals surface area (Å²) in [7, 11) is -0.744. The highest BCUT2D eigenvalue weighted by Crippen LogP contribution is 2.65. The summed E-state index contributed by atoms with van der Waals surface area (Å²) in [4.78, 5) is 25.9. The van der Waals surface area contributed by atoms with Crippen LogP contribution in [0.25, 0.3) is 0 Å². The van der Waals surface area contributed by atoms with Gasteiger partial charge < -0.3 is 19.9 Å². The van der Waals surface area contributed by atoms with E-state index in [1.54, 1.807) is 6.08 Å². The Kier molecular flexibility index (Phi) is 11.1. The van der Waals surface area contributed by atoms with E-state index in [0.717, 1.165) is 18.4 Å². The van der Waals surface area contributed by atoms with Crippen molar-refractivity contribution in [3.63, 3.8) is 0 Å². The monoisotopic (exact) mass is 630 g/mol. The fraction of sp³-hybridized carbons (Fsp3) is 0.667. The predicted octanol–water partition coefficient (Wildman–Crippen LogP) is 4.89.